The Hall–Kier alpha value is -5.10. The molecule has 0 saturated carbocycles. The summed E-state index contributed by atoms with van der Waals surface area (Å²) in [5.41, 5.74) is 13.0. The number of ether oxygens (including phenoxy) is 5. The van der Waals surface area contributed by atoms with Crippen LogP contribution >= 0.6 is 0 Å². The number of amides is 4. The molecule has 7 aliphatic rings. The lowest BCUT2D eigenvalue weighted by Crippen LogP contribution is -2.62. The van der Waals surface area contributed by atoms with E-state index in [4.69, 9.17) is 23.7 Å². The predicted molar refractivity (Wildman–Crippen MR) is 223 cm³/mol. The first-order valence-corrected chi connectivity index (χ1v) is 21.0. The van der Waals surface area contributed by atoms with Gasteiger partial charge < -0.3 is 23.7 Å². The van der Waals surface area contributed by atoms with E-state index in [1.54, 1.807) is 0 Å². The molecule has 7 heterocycles. The van der Waals surface area contributed by atoms with Gasteiger partial charge in [0.2, 0.25) is 0 Å². The summed E-state index contributed by atoms with van der Waals surface area (Å²) < 4.78 is 29.6. The van der Waals surface area contributed by atoms with Crippen molar-refractivity contribution in [2.24, 2.45) is 0 Å². The highest BCUT2D eigenvalue weighted by Crippen LogP contribution is 2.66. The van der Waals surface area contributed by atoms with Gasteiger partial charge in [-0.3, -0.25) is 19.6 Å². The topological polar surface area (TPSA) is 93.3 Å². The van der Waals surface area contributed by atoms with Crippen LogP contribution in [-0.4, -0.2) is 84.5 Å². The lowest BCUT2D eigenvalue weighted by molar-refractivity contribution is -0.0794. The van der Waals surface area contributed by atoms with E-state index in [-0.39, 0.29) is 12.1 Å². The molecule has 4 aromatic carbocycles. The molecule has 59 heavy (non-hydrogen) atoms. The van der Waals surface area contributed by atoms with E-state index < -0.39 is 11.3 Å². The third-order valence-electron chi connectivity index (χ3n) is 14.4. The molecule has 2 spiro atoms. The summed E-state index contributed by atoms with van der Waals surface area (Å²) in [6.45, 7) is 22.1. The number of hydrogen-bond donors (Lipinski definition) is 0. The normalized spacial score (nSPS) is 23.3. The minimum Gasteiger partial charge on any atom is -0.491 e. The molecule has 2 fully saturated rings. The van der Waals surface area contributed by atoms with Crippen LogP contribution in [0.1, 0.15) is 77.9 Å². The molecule has 11 heteroatoms. The van der Waals surface area contributed by atoms with E-state index >= 15 is 9.59 Å². The second kappa shape index (κ2) is 14.9. The van der Waals surface area contributed by atoms with Crippen LogP contribution in [0.5, 0.6) is 11.5 Å². The van der Waals surface area contributed by atoms with Gasteiger partial charge in [-0.1, -0.05) is 24.3 Å². The second-order valence-electron chi connectivity index (χ2n) is 16.8. The Labute approximate surface area is 347 Å². The van der Waals surface area contributed by atoms with Crippen molar-refractivity contribution in [3.05, 3.63) is 126 Å². The van der Waals surface area contributed by atoms with E-state index in [2.05, 4.69) is 79.7 Å². The largest absolute Gasteiger partial charge is 0.491 e. The molecule has 7 aliphatic heterocycles. The molecular formula is C48H56N4O7. The number of carbonyl (C=O) groups is 2. The lowest BCUT2D eigenvalue weighted by atomic mass is 9.79. The summed E-state index contributed by atoms with van der Waals surface area (Å²) in [6.07, 6.45) is 0. The highest BCUT2D eigenvalue weighted by Gasteiger charge is 2.80. The molecule has 4 aromatic rings. The Balaban J connectivity index is 1.31. The third-order valence-corrected chi connectivity index (χ3v) is 14.4. The number of nitrogens with zero attached hydrogens (tertiary/aromatic N) is 4. The van der Waals surface area contributed by atoms with Crippen LogP contribution in [0.15, 0.2) is 48.5 Å². The Kier molecular flexibility index (Phi) is 9.92. The van der Waals surface area contributed by atoms with Crippen molar-refractivity contribution < 1.29 is 33.3 Å². The van der Waals surface area contributed by atoms with Gasteiger partial charge >= 0.3 is 12.1 Å². The molecule has 0 aliphatic carbocycles. The fourth-order valence-electron chi connectivity index (χ4n) is 10.6. The van der Waals surface area contributed by atoms with Crippen molar-refractivity contribution >= 4 is 12.1 Å². The number of rotatable bonds is 0. The molecule has 0 N–H and O–H groups in total. The van der Waals surface area contributed by atoms with Crippen LogP contribution in [0.3, 0.4) is 0 Å². The molecule has 0 aromatic heterocycles. The number of benzene rings is 4. The molecule has 4 bridgehead atoms. The van der Waals surface area contributed by atoms with E-state index in [1.807, 2.05) is 43.9 Å². The highest BCUT2D eigenvalue weighted by atomic mass is 16.6. The van der Waals surface area contributed by atoms with Crippen LogP contribution < -0.4 is 9.47 Å². The zero-order valence-electron chi connectivity index (χ0n) is 35.8. The first kappa shape index (κ1) is 39.4. The smallest absolute Gasteiger partial charge is 0.325 e. The van der Waals surface area contributed by atoms with E-state index in [0.717, 1.165) is 55.6 Å². The van der Waals surface area contributed by atoms with Gasteiger partial charge in [0.15, 0.2) is 11.3 Å². The summed E-state index contributed by atoms with van der Waals surface area (Å²) in [5.74, 6) is 1.36. The van der Waals surface area contributed by atoms with Crippen LogP contribution in [-0.2, 0) is 51.7 Å². The number of carbonyl (C=O) groups excluding carboxylic acids is 2. The summed E-state index contributed by atoms with van der Waals surface area (Å²) in [7, 11) is 0. The molecule has 11 nitrogen and oxygen atoms in total. The van der Waals surface area contributed by atoms with Crippen LogP contribution in [0.2, 0.25) is 0 Å². The standard InChI is InChI=1S/C48H56N4O7/c1-29-30(2)34(6)42-26-50-46(54)52-28-44-36(8)32(4)31(3)35(7)43(44)27-51-45(53)49(25-41(42)33(29)5)47(50)37-9-13-39(14-10-37)58-23-21-56-19-17-55-18-20-57-22-24-59-40-15-11-38(12-16-40)48(47,51)52/h9-16H,17-28H2,1-8H3. The molecule has 0 atom stereocenters. The molecule has 11 rings (SSSR count). The fraction of sp³-hybridized carbons (Fsp3) is 0.458. The minimum absolute atomic E-state index is 0.112. The van der Waals surface area contributed by atoms with Crippen LogP contribution in [0, 0.1) is 55.4 Å². The SMILES string of the molecule is Cc1c(C)c(C)c2c(c1C)CN1C(=O)N3Cc4c(C)c(C)c(C)c(C)c4CN4C(=O)N(C2)C12c1ccc(cc1)OCCOCCOCCOCCOc1ccc(cc1)C342. The first-order chi connectivity index (χ1) is 28.4. The summed E-state index contributed by atoms with van der Waals surface area (Å²) in [6, 6.07) is 15.9. The highest BCUT2D eigenvalue weighted by molar-refractivity contribution is 5.91. The van der Waals surface area contributed by atoms with Gasteiger partial charge in [0.1, 0.15) is 24.7 Å². The second-order valence-corrected chi connectivity index (χ2v) is 16.8. The average Bonchev–Trinajstić information content (AvgIpc) is 3.39. The van der Waals surface area contributed by atoms with Crippen molar-refractivity contribution in [3.63, 3.8) is 0 Å². The van der Waals surface area contributed by atoms with Gasteiger partial charge in [-0.25, -0.2) is 9.59 Å². The maximum Gasteiger partial charge on any atom is 0.325 e. The predicted octanol–water partition coefficient (Wildman–Crippen LogP) is 7.88. The first-order valence-electron chi connectivity index (χ1n) is 21.0. The van der Waals surface area contributed by atoms with Gasteiger partial charge in [-0.05, 0) is 146 Å². The summed E-state index contributed by atoms with van der Waals surface area (Å²) >= 11 is 0. The van der Waals surface area contributed by atoms with Crippen molar-refractivity contribution in [2.45, 2.75) is 92.9 Å². The van der Waals surface area contributed by atoms with Gasteiger partial charge in [-0.15, -0.1) is 0 Å². The number of hydrogen-bond acceptors (Lipinski definition) is 7. The maximum absolute atomic E-state index is 16.0. The van der Waals surface area contributed by atoms with Gasteiger partial charge in [0.05, 0.1) is 65.8 Å². The molecule has 0 unspecified atom stereocenters. The van der Waals surface area contributed by atoms with Gasteiger partial charge in [0, 0.05) is 11.1 Å². The Morgan fingerprint density at radius 3 is 0.898 bits per heavy atom. The monoisotopic (exact) mass is 800 g/mol. The maximum atomic E-state index is 16.0. The van der Waals surface area contributed by atoms with E-state index in [0.29, 0.717) is 90.5 Å². The zero-order valence-corrected chi connectivity index (χ0v) is 35.8. The van der Waals surface area contributed by atoms with Gasteiger partial charge in [0.25, 0.3) is 0 Å². The molecular weight excluding hydrogens is 745 g/mol. The Bertz CT molecular complexity index is 2080. The van der Waals surface area contributed by atoms with E-state index in [1.165, 1.54) is 22.3 Å². The van der Waals surface area contributed by atoms with Crippen LogP contribution in [0.25, 0.3) is 0 Å². The summed E-state index contributed by atoms with van der Waals surface area (Å²) in [4.78, 5) is 40.1. The van der Waals surface area contributed by atoms with Crippen molar-refractivity contribution in [3.8, 4) is 11.5 Å². The van der Waals surface area contributed by atoms with E-state index in [9.17, 15) is 0 Å². The van der Waals surface area contributed by atoms with Crippen LogP contribution in [0.4, 0.5) is 9.59 Å². The summed E-state index contributed by atoms with van der Waals surface area (Å²) in [5, 5.41) is 0. The fourth-order valence-corrected chi connectivity index (χ4v) is 10.6. The molecule has 0 radical (unpaired) electrons. The number of fused-ring (bicyclic) bond motifs is 4. The average molecular weight is 801 g/mol. The Morgan fingerprint density at radius 2 is 0.627 bits per heavy atom. The van der Waals surface area contributed by atoms with Crippen molar-refractivity contribution in [1.82, 2.24) is 19.6 Å². The van der Waals surface area contributed by atoms with Gasteiger partial charge in [-0.2, -0.15) is 0 Å². The zero-order chi connectivity index (χ0) is 41.4. The third kappa shape index (κ3) is 5.64. The molecule has 2 saturated heterocycles. The lowest BCUT2D eigenvalue weighted by Gasteiger charge is -2.49. The molecule has 4 amide bonds. The van der Waals surface area contributed by atoms with Crippen molar-refractivity contribution in [1.29, 1.82) is 0 Å². The van der Waals surface area contributed by atoms with Crippen molar-refractivity contribution in [2.75, 3.05) is 52.9 Å². The number of urea groups is 2. The molecule has 310 valence electrons. The quantitative estimate of drug-likeness (QED) is 0.179. The minimum atomic E-state index is -1.29. The Morgan fingerprint density at radius 1 is 0.373 bits per heavy atom.